The van der Waals surface area contributed by atoms with Gasteiger partial charge in [-0.2, -0.15) is 0 Å². The van der Waals surface area contributed by atoms with Crippen LogP contribution in [0, 0.1) is 20.8 Å². The Hall–Kier alpha value is -2.20. The molecule has 0 fully saturated rings. The van der Waals surface area contributed by atoms with Crippen molar-refractivity contribution < 1.29 is 14.3 Å². The SMILES string of the molecule is Cc1ccc(OC(C)C(=O)NCCOc2ccc(C)c(Cl)c2)c(C)c1. The van der Waals surface area contributed by atoms with E-state index in [1.54, 1.807) is 13.0 Å². The Morgan fingerprint density at radius 3 is 2.56 bits per heavy atom. The molecule has 1 unspecified atom stereocenters. The highest BCUT2D eigenvalue weighted by molar-refractivity contribution is 6.31. The van der Waals surface area contributed by atoms with E-state index in [1.165, 1.54) is 0 Å². The third-order valence-electron chi connectivity index (χ3n) is 3.82. The van der Waals surface area contributed by atoms with Gasteiger partial charge in [-0.25, -0.2) is 0 Å². The number of benzene rings is 2. The number of ether oxygens (including phenoxy) is 2. The van der Waals surface area contributed by atoms with Crippen LogP contribution in [0.3, 0.4) is 0 Å². The molecule has 1 N–H and O–H groups in total. The van der Waals surface area contributed by atoms with Gasteiger partial charge in [0.05, 0.1) is 6.54 Å². The monoisotopic (exact) mass is 361 g/mol. The van der Waals surface area contributed by atoms with Crippen molar-refractivity contribution in [2.24, 2.45) is 0 Å². The summed E-state index contributed by atoms with van der Waals surface area (Å²) in [6.07, 6.45) is -0.574. The predicted molar refractivity (Wildman–Crippen MR) is 101 cm³/mol. The van der Waals surface area contributed by atoms with Gasteiger partial charge >= 0.3 is 0 Å². The van der Waals surface area contributed by atoms with E-state index in [9.17, 15) is 4.79 Å². The number of carbonyl (C=O) groups excluding carboxylic acids is 1. The number of nitrogens with one attached hydrogen (secondary N) is 1. The molecule has 2 aromatic rings. The van der Waals surface area contributed by atoms with E-state index in [4.69, 9.17) is 21.1 Å². The minimum Gasteiger partial charge on any atom is -0.492 e. The van der Waals surface area contributed by atoms with Gasteiger partial charge in [0.25, 0.3) is 5.91 Å². The molecule has 5 heteroatoms. The molecule has 0 heterocycles. The second-order valence-electron chi connectivity index (χ2n) is 6.08. The molecular formula is C20H24ClNO3. The van der Waals surface area contributed by atoms with Gasteiger partial charge in [-0.1, -0.05) is 35.4 Å². The predicted octanol–water partition coefficient (Wildman–Crippen LogP) is 4.23. The Kier molecular flexibility index (Phi) is 6.71. The van der Waals surface area contributed by atoms with Crippen LogP contribution in [-0.4, -0.2) is 25.2 Å². The Labute approximate surface area is 154 Å². The van der Waals surface area contributed by atoms with Gasteiger partial charge in [-0.3, -0.25) is 4.79 Å². The van der Waals surface area contributed by atoms with Crippen LogP contribution in [-0.2, 0) is 4.79 Å². The molecule has 134 valence electrons. The molecular weight excluding hydrogens is 338 g/mol. The normalized spacial score (nSPS) is 11.7. The van der Waals surface area contributed by atoms with E-state index in [1.807, 2.05) is 51.1 Å². The minimum absolute atomic E-state index is 0.175. The summed E-state index contributed by atoms with van der Waals surface area (Å²) in [4.78, 5) is 12.1. The van der Waals surface area contributed by atoms with Crippen LogP contribution in [0.2, 0.25) is 5.02 Å². The standard InChI is InChI=1S/C20H24ClNO3/c1-13-5-8-19(15(3)11-13)25-16(4)20(23)22-9-10-24-17-7-6-14(2)18(21)12-17/h5-8,11-12,16H,9-10H2,1-4H3,(H,22,23). The maximum absolute atomic E-state index is 12.1. The van der Waals surface area contributed by atoms with Crippen molar-refractivity contribution >= 4 is 17.5 Å². The number of hydrogen-bond donors (Lipinski definition) is 1. The van der Waals surface area contributed by atoms with Crippen molar-refractivity contribution in [3.05, 3.63) is 58.1 Å². The van der Waals surface area contributed by atoms with Crippen LogP contribution in [0.4, 0.5) is 0 Å². The quantitative estimate of drug-likeness (QED) is 0.751. The summed E-state index contributed by atoms with van der Waals surface area (Å²) in [5.74, 6) is 1.23. The zero-order valence-electron chi connectivity index (χ0n) is 15.1. The zero-order valence-corrected chi connectivity index (χ0v) is 15.8. The minimum atomic E-state index is -0.574. The van der Waals surface area contributed by atoms with Gasteiger partial charge in [0.15, 0.2) is 6.10 Å². The first kappa shape index (κ1) is 19.1. The van der Waals surface area contributed by atoms with Crippen LogP contribution >= 0.6 is 11.6 Å². The van der Waals surface area contributed by atoms with E-state index < -0.39 is 6.10 Å². The number of rotatable bonds is 7. The van der Waals surface area contributed by atoms with Crippen molar-refractivity contribution in [2.45, 2.75) is 33.8 Å². The molecule has 0 aliphatic heterocycles. The second-order valence-corrected chi connectivity index (χ2v) is 6.49. The molecule has 0 saturated carbocycles. The van der Waals surface area contributed by atoms with E-state index in [-0.39, 0.29) is 5.91 Å². The fourth-order valence-electron chi connectivity index (χ4n) is 2.33. The summed E-state index contributed by atoms with van der Waals surface area (Å²) in [6.45, 7) is 8.41. The summed E-state index contributed by atoms with van der Waals surface area (Å²) in [5, 5.41) is 3.47. The lowest BCUT2D eigenvalue weighted by Gasteiger charge is -2.16. The molecule has 0 aliphatic carbocycles. The number of carbonyl (C=O) groups is 1. The first-order valence-electron chi connectivity index (χ1n) is 8.27. The summed E-state index contributed by atoms with van der Waals surface area (Å²) < 4.78 is 11.3. The maximum Gasteiger partial charge on any atom is 0.260 e. The lowest BCUT2D eigenvalue weighted by Crippen LogP contribution is -2.38. The van der Waals surface area contributed by atoms with Gasteiger partial charge in [0.2, 0.25) is 0 Å². The number of aryl methyl sites for hydroxylation is 3. The largest absolute Gasteiger partial charge is 0.492 e. The van der Waals surface area contributed by atoms with Crippen molar-refractivity contribution in [2.75, 3.05) is 13.2 Å². The first-order valence-corrected chi connectivity index (χ1v) is 8.65. The van der Waals surface area contributed by atoms with Crippen LogP contribution in [0.15, 0.2) is 36.4 Å². The first-order chi connectivity index (χ1) is 11.9. The average molecular weight is 362 g/mol. The smallest absolute Gasteiger partial charge is 0.260 e. The lowest BCUT2D eigenvalue weighted by molar-refractivity contribution is -0.127. The van der Waals surface area contributed by atoms with Crippen LogP contribution in [0.25, 0.3) is 0 Å². The highest BCUT2D eigenvalue weighted by Crippen LogP contribution is 2.22. The van der Waals surface area contributed by atoms with Crippen molar-refractivity contribution in [3.8, 4) is 11.5 Å². The lowest BCUT2D eigenvalue weighted by atomic mass is 10.1. The molecule has 25 heavy (non-hydrogen) atoms. The van der Waals surface area contributed by atoms with Crippen molar-refractivity contribution in [1.82, 2.24) is 5.32 Å². The van der Waals surface area contributed by atoms with E-state index in [0.717, 1.165) is 22.4 Å². The highest BCUT2D eigenvalue weighted by atomic mass is 35.5. The number of amides is 1. The molecule has 0 aromatic heterocycles. The molecule has 2 aromatic carbocycles. The Morgan fingerprint density at radius 1 is 1.12 bits per heavy atom. The van der Waals surface area contributed by atoms with Crippen LogP contribution < -0.4 is 14.8 Å². The van der Waals surface area contributed by atoms with Crippen LogP contribution in [0.1, 0.15) is 23.6 Å². The van der Waals surface area contributed by atoms with Crippen molar-refractivity contribution in [3.63, 3.8) is 0 Å². The van der Waals surface area contributed by atoms with Gasteiger partial charge in [0.1, 0.15) is 18.1 Å². The Morgan fingerprint density at radius 2 is 1.88 bits per heavy atom. The molecule has 0 spiro atoms. The van der Waals surface area contributed by atoms with Crippen LogP contribution in [0.5, 0.6) is 11.5 Å². The van der Waals surface area contributed by atoms with E-state index in [2.05, 4.69) is 5.32 Å². The maximum atomic E-state index is 12.1. The number of halogens is 1. The molecule has 1 atom stereocenters. The fourth-order valence-corrected chi connectivity index (χ4v) is 2.50. The molecule has 1 amide bonds. The highest BCUT2D eigenvalue weighted by Gasteiger charge is 2.15. The van der Waals surface area contributed by atoms with Gasteiger partial charge in [-0.15, -0.1) is 0 Å². The molecule has 0 radical (unpaired) electrons. The summed E-state index contributed by atoms with van der Waals surface area (Å²) in [5.41, 5.74) is 3.18. The second kappa shape index (κ2) is 8.77. The summed E-state index contributed by atoms with van der Waals surface area (Å²) in [7, 11) is 0. The molecule has 4 nitrogen and oxygen atoms in total. The van der Waals surface area contributed by atoms with E-state index >= 15 is 0 Å². The molecule has 0 aliphatic rings. The topological polar surface area (TPSA) is 47.6 Å². The van der Waals surface area contributed by atoms with Crippen molar-refractivity contribution in [1.29, 1.82) is 0 Å². The Bertz CT molecular complexity index is 746. The van der Waals surface area contributed by atoms with Gasteiger partial charge < -0.3 is 14.8 Å². The number of hydrogen-bond acceptors (Lipinski definition) is 3. The fraction of sp³-hybridized carbons (Fsp3) is 0.350. The molecule has 2 rings (SSSR count). The summed E-state index contributed by atoms with van der Waals surface area (Å²) >= 11 is 6.05. The zero-order chi connectivity index (χ0) is 18.4. The average Bonchev–Trinajstić information content (AvgIpc) is 2.57. The van der Waals surface area contributed by atoms with E-state index in [0.29, 0.717) is 23.9 Å². The summed E-state index contributed by atoms with van der Waals surface area (Å²) in [6, 6.07) is 11.4. The van der Waals surface area contributed by atoms with Gasteiger partial charge in [-0.05, 0) is 57.0 Å². The Balaban J connectivity index is 1.76. The molecule has 0 saturated heterocycles. The third-order valence-corrected chi connectivity index (χ3v) is 4.22. The van der Waals surface area contributed by atoms with Gasteiger partial charge in [0, 0.05) is 5.02 Å². The molecule has 0 bridgehead atoms. The third kappa shape index (κ3) is 5.68.